The molecule has 1 spiro atoms. The fourth-order valence-corrected chi connectivity index (χ4v) is 11.6. The molecule has 6 aliphatic heterocycles. The van der Waals surface area contributed by atoms with E-state index >= 15 is 0 Å². The van der Waals surface area contributed by atoms with E-state index in [1.54, 1.807) is 26.0 Å². The van der Waals surface area contributed by atoms with Crippen LogP contribution in [0.1, 0.15) is 87.2 Å². The first-order valence-electron chi connectivity index (χ1n) is 19.4. The molecule has 3 aromatic rings. The summed E-state index contributed by atoms with van der Waals surface area (Å²) in [4.78, 5) is 30.2. The van der Waals surface area contributed by atoms with Crippen LogP contribution in [0.15, 0.2) is 18.2 Å². The van der Waals surface area contributed by atoms with Gasteiger partial charge in [-0.2, -0.15) is 0 Å². The summed E-state index contributed by atoms with van der Waals surface area (Å²) in [5.74, 6) is 2.08. The number of nitrogens with one attached hydrogen (secondary N) is 2. The summed E-state index contributed by atoms with van der Waals surface area (Å²) in [6, 6.07) is 4.87. The smallest absolute Gasteiger partial charge is 0.331 e. The zero-order valence-corrected chi connectivity index (χ0v) is 33.7. The van der Waals surface area contributed by atoms with Crippen LogP contribution in [0.3, 0.4) is 0 Å². The van der Waals surface area contributed by atoms with Crippen LogP contribution in [0.4, 0.5) is 0 Å². The first-order chi connectivity index (χ1) is 27.1. The molecule has 1 saturated heterocycles. The number of fused-ring (bicyclic) bond motifs is 6. The van der Waals surface area contributed by atoms with Crippen molar-refractivity contribution in [2.45, 2.75) is 81.8 Å². The Morgan fingerprint density at radius 3 is 2.59 bits per heavy atom. The second-order valence-electron chi connectivity index (χ2n) is 15.3. The van der Waals surface area contributed by atoms with Crippen LogP contribution in [-0.4, -0.2) is 93.2 Å². The molecule has 9 rings (SSSR count). The molecule has 14 heteroatoms. The van der Waals surface area contributed by atoms with Gasteiger partial charge in [0.05, 0.1) is 31.6 Å². The van der Waals surface area contributed by atoms with Crippen LogP contribution in [-0.2, 0) is 39.1 Å². The highest BCUT2D eigenvalue weighted by molar-refractivity contribution is 7.99. The predicted molar refractivity (Wildman–Crippen MR) is 209 cm³/mol. The maximum Gasteiger partial charge on any atom is 0.331 e. The lowest BCUT2D eigenvalue weighted by Gasteiger charge is -2.53. The number of methoxy groups -OCH3 is 2. The molecule has 0 radical (unpaired) electrons. The third-order valence-corrected chi connectivity index (χ3v) is 13.7. The number of aliphatic hydroxyl groups is 1. The summed E-state index contributed by atoms with van der Waals surface area (Å²) in [6.07, 6.45) is 3.42. The Morgan fingerprint density at radius 2 is 1.86 bits per heavy atom. The Labute approximate surface area is 331 Å². The van der Waals surface area contributed by atoms with Crippen LogP contribution < -0.4 is 34.3 Å². The monoisotopic (exact) mass is 789 g/mol. The molecule has 6 heterocycles. The minimum absolute atomic E-state index is 0.00532. The third-order valence-electron chi connectivity index (χ3n) is 12.2. The molecule has 3 aromatic carbocycles. The molecule has 1 fully saturated rings. The molecule has 13 nitrogen and oxygen atoms in total. The lowest BCUT2D eigenvalue weighted by Crippen LogP contribution is -2.59. The molecule has 2 bridgehead atoms. The van der Waals surface area contributed by atoms with Crippen molar-refractivity contribution in [1.29, 1.82) is 0 Å². The Balaban J connectivity index is 1.37. The second kappa shape index (κ2) is 15.3. The van der Waals surface area contributed by atoms with Crippen LogP contribution in [0.25, 0.3) is 0 Å². The SMILES string of the molecule is CN[C@@H]1c2c(cc(C)c(OC)c2O)CCCN2C1C1SC[C@]3(NCCc4cc(CCCO)c(OC)cc43)C(=O)OC[C@H]2c2c3c(c(C)c(OC(C)=O)c21)OCO3. The molecule has 0 amide bonds. The van der Waals surface area contributed by atoms with E-state index in [1.165, 1.54) is 6.92 Å². The molecule has 6 aliphatic rings. The number of carbonyl (C=O) groups excluding carboxylic acids is 2. The molecule has 2 unspecified atom stereocenters. The Morgan fingerprint density at radius 1 is 1.05 bits per heavy atom. The van der Waals surface area contributed by atoms with Gasteiger partial charge in [0.2, 0.25) is 6.79 Å². The van der Waals surface area contributed by atoms with Gasteiger partial charge in [0, 0.05) is 54.1 Å². The first kappa shape index (κ1) is 38.7. The summed E-state index contributed by atoms with van der Waals surface area (Å²) < 4.78 is 36.7. The van der Waals surface area contributed by atoms with Gasteiger partial charge in [0.15, 0.2) is 28.5 Å². The number of likely N-dealkylation sites (N-methyl/N-ethyl adjacent to an activating group) is 1. The number of hydrogen-bond donors (Lipinski definition) is 4. The highest BCUT2D eigenvalue weighted by Gasteiger charge is 2.55. The van der Waals surface area contributed by atoms with Gasteiger partial charge in [-0.15, -0.1) is 11.8 Å². The summed E-state index contributed by atoms with van der Waals surface area (Å²) >= 11 is 1.60. The zero-order chi connectivity index (χ0) is 39.5. The minimum Gasteiger partial charge on any atom is -0.504 e. The number of phenolic OH excluding ortho intramolecular Hbond substituents is 1. The number of aliphatic hydroxyl groups excluding tert-OH is 1. The highest BCUT2D eigenvalue weighted by Crippen LogP contribution is 2.61. The van der Waals surface area contributed by atoms with Crippen molar-refractivity contribution in [3.63, 3.8) is 0 Å². The molecular formula is C42H51N3O10S. The molecule has 0 aromatic heterocycles. The van der Waals surface area contributed by atoms with Crippen molar-refractivity contribution in [2.75, 3.05) is 60.1 Å². The molecule has 0 saturated carbocycles. The average molecular weight is 790 g/mol. The Kier molecular flexibility index (Phi) is 10.5. The van der Waals surface area contributed by atoms with Gasteiger partial charge >= 0.3 is 11.9 Å². The number of esters is 2. The summed E-state index contributed by atoms with van der Waals surface area (Å²) in [6.45, 7) is 6.47. The van der Waals surface area contributed by atoms with E-state index in [0.29, 0.717) is 73.1 Å². The van der Waals surface area contributed by atoms with Crippen molar-refractivity contribution in [3.8, 4) is 34.5 Å². The number of thioether (sulfide) groups is 1. The van der Waals surface area contributed by atoms with Crippen LogP contribution in [0.5, 0.6) is 34.5 Å². The van der Waals surface area contributed by atoms with E-state index in [0.717, 1.165) is 50.9 Å². The van der Waals surface area contributed by atoms with Gasteiger partial charge in [-0.3, -0.25) is 15.0 Å². The van der Waals surface area contributed by atoms with Crippen molar-refractivity contribution in [3.05, 3.63) is 68.3 Å². The fourth-order valence-electron chi connectivity index (χ4n) is 9.86. The Hall–Kier alpha value is -4.21. The molecular weight excluding hydrogens is 739 g/mol. The van der Waals surface area contributed by atoms with Crippen molar-refractivity contribution < 1.29 is 48.2 Å². The quantitative estimate of drug-likeness (QED) is 0.194. The fraction of sp³-hybridized carbons (Fsp3) is 0.524. The van der Waals surface area contributed by atoms with E-state index in [1.807, 2.05) is 27.0 Å². The molecule has 4 N–H and O–H groups in total. The van der Waals surface area contributed by atoms with Crippen molar-refractivity contribution in [2.24, 2.45) is 0 Å². The maximum absolute atomic E-state index is 14.9. The van der Waals surface area contributed by atoms with E-state index in [-0.39, 0.29) is 43.5 Å². The zero-order valence-electron chi connectivity index (χ0n) is 32.8. The van der Waals surface area contributed by atoms with Gasteiger partial charge in [0.1, 0.15) is 18.1 Å². The summed E-state index contributed by atoms with van der Waals surface area (Å²) in [5, 5.41) is 28.4. The highest BCUT2D eigenvalue weighted by atomic mass is 32.2. The van der Waals surface area contributed by atoms with Crippen LogP contribution >= 0.6 is 11.8 Å². The first-order valence-corrected chi connectivity index (χ1v) is 20.4. The van der Waals surface area contributed by atoms with Crippen LogP contribution in [0.2, 0.25) is 0 Å². The largest absolute Gasteiger partial charge is 0.504 e. The minimum atomic E-state index is -1.24. The van der Waals surface area contributed by atoms with Crippen LogP contribution in [0, 0.1) is 13.8 Å². The van der Waals surface area contributed by atoms with E-state index in [9.17, 15) is 19.8 Å². The standard InChI is InChI=1S/C42H51N3O10S/c1-21-15-26-9-7-13-45-28-18-52-41(49)42(27-17-29(50-5)25(10-8-14-46)16-24(27)11-12-44-42)19-56-40(34(45)33(43-4)30(26)35(48)36(21)51-6)32-31(28)39-38(53-20-54-39)22(2)37(32)55-23(3)47/h15-17,28,33-34,40,43-44,46,48H,7-14,18-20H2,1-6H3/t28-,33+,34?,40?,42+/m0/s1. The number of ether oxygens (including phenoxy) is 6. The van der Waals surface area contributed by atoms with Gasteiger partial charge in [-0.05, 0) is 93.4 Å². The van der Waals surface area contributed by atoms with Gasteiger partial charge in [-0.1, -0.05) is 12.1 Å². The number of phenols is 1. The number of hydrogen-bond acceptors (Lipinski definition) is 14. The van der Waals surface area contributed by atoms with Gasteiger partial charge in [0.25, 0.3) is 0 Å². The normalized spacial score (nSPS) is 25.2. The summed E-state index contributed by atoms with van der Waals surface area (Å²) in [7, 11) is 5.09. The number of aromatic hydroxyl groups is 1. The van der Waals surface area contributed by atoms with E-state index < -0.39 is 28.8 Å². The number of nitrogens with zero attached hydrogens (tertiary/aromatic N) is 1. The number of benzene rings is 3. The molecule has 300 valence electrons. The molecule has 0 aliphatic carbocycles. The van der Waals surface area contributed by atoms with Crippen molar-refractivity contribution in [1.82, 2.24) is 15.5 Å². The second-order valence-corrected chi connectivity index (χ2v) is 16.4. The van der Waals surface area contributed by atoms with E-state index in [4.69, 9.17) is 28.4 Å². The number of rotatable bonds is 7. The lowest BCUT2D eigenvalue weighted by atomic mass is 9.77. The topological polar surface area (TPSA) is 157 Å². The number of aryl methyl sites for hydroxylation is 3. The summed E-state index contributed by atoms with van der Waals surface area (Å²) in [5.41, 5.74) is 6.45. The third kappa shape index (κ3) is 6.07. The molecule has 56 heavy (non-hydrogen) atoms. The lowest BCUT2D eigenvalue weighted by molar-refractivity contribution is -0.154. The predicted octanol–water partition coefficient (Wildman–Crippen LogP) is 4.61. The Bertz CT molecular complexity index is 2080. The molecule has 5 atom stereocenters. The van der Waals surface area contributed by atoms with Gasteiger partial charge in [-0.25, -0.2) is 4.79 Å². The van der Waals surface area contributed by atoms with Gasteiger partial charge < -0.3 is 44.0 Å². The average Bonchev–Trinajstić information content (AvgIpc) is 3.67. The van der Waals surface area contributed by atoms with Crippen molar-refractivity contribution >= 4 is 23.7 Å². The van der Waals surface area contributed by atoms with E-state index in [2.05, 4.69) is 27.7 Å². The maximum atomic E-state index is 14.9. The number of carbonyl (C=O) groups is 2.